The van der Waals surface area contributed by atoms with Crippen LogP contribution in [0.2, 0.25) is 0 Å². The SMILES string of the molecule is C=C(C)[S@+]([O-])/N=C/c1cnc2c(ccn2S(=O)(=O)c2ccc(C)cc2)n1. The van der Waals surface area contributed by atoms with E-state index < -0.39 is 21.4 Å². The first-order chi connectivity index (χ1) is 12.3. The van der Waals surface area contributed by atoms with Crippen molar-refractivity contribution in [1.82, 2.24) is 13.9 Å². The maximum Gasteiger partial charge on any atom is 0.269 e. The summed E-state index contributed by atoms with van der Waals surface area (Å²) < 4.78 is 42.1. The predicted molar refractivity (Wildman–Crippen MR) is 102 cm³/mol. The van der Waals surface area contributed by atoms with Gasteiger partial charge in [-0.1, -0.05) is 22.1 Å². The van der Waals surface area contributed by atoms with Gasteiger partial charge >= 0.3 is 0 Å². The summed E-state index contributed by atoms with van der Waals surface area (Å²) in [5, 5.41) is 0. The van der Waals surface area contributed by atoms with Gasteiger partial charge in [0.05, 0.1) is 11.1 Å². The van der Waals surface area contributed by atoms with Crippen LogP contribution in [0.5, 0.6) is 0 Å². The van der Waals surface area contributed by atoms with Crippen LogP contribution >= 0.6 is 0 Å². The highest BCUT2D eigenvalue weighted by Crippen LogP contribution is 2.20. The molecule has 3 rings (SSSR count). The molecule has 7 nitrogen and oxygen atoms in total. The topological polar surface area (TPSA) is 100 Å². The lowest BCUT2D eigenvalue weighted by atomic mass is 10.2. The van der Waals surface area contributed by atoms with E-state index in [1.165, 1.54) is 18.6 Å². The number of allylic oxidation sites excluding steroid dienone is 1. The maximum absolute atomic E-state index is 12.8. The van der Waals surface area contributed by atoms with Gasteiger partial charge in [0.15, 0.2) is 5.65 Å². The molecule has 0 aliphatic rings. The van der Waals surface area contributed by atoms with Crippen LogP contribution in [-0.2, 0) is 21.4 Å². The smallest absolute Gasteiger partial charge is 0.269 e. The van der Waals surface area contributed by atoms with Crippen LogP contribution in [0.3, 0.4) is 0 Å². The molecule has 0 saturated carbocycles. The zero-order chi connectivity index (χ0) is 18.9. The lowest BCUT2D eigenvalue weighted by Gasteiger charge is -2.07. The summed E-state index contributed by atoms with van der Waals surface area (Å²) in [6, 6.07) is 8.14. The summed E-state index contributed by atoms with van der Waals surface area (Å²) in [7, 11) is -3.77. The minimum atomic E-state index is -3.77. The van der Waals surface area contributed by atoms with Crippen LogP contribution in [-0.4, -0.2) is 33.1 Å². The van der Waals surface area contributed by atoms with Crippen LogP contribution in [0.25, 0.3) is 11.2 Å². The van der Waals surface area contributed by atoms with E-state index in [9.17, 15) is 13.0 Å². The third-order valence-electron chi connectivity index (χ3n) is 3.53. The molecule has 1 aromatic carbocycles. The van der Waals surface area contributed by atoms with Gasteiger partial charge in [0.1, 0.15) is 33.7 Å². The summed E-state index contributed by atoms with van der Waals surface area (Å²) in [5.41, 5.74) is 1.95. The predicted octanol–water partition coefficient (Wildman–Crippen LogP) is 2.59. The van der Waals surface area contributed by atoms with E-state index in [0.717, 1.165) is 9.54 Å². The van der Waals surface area contributed by atoms with Crippen molar-refractivity contribution in [2.75, 3.05) is 0 Å². The van der Waals surface area contributed by atoms with Crippen molar-refractivity contribution in [3.8, 4) is 0 Å². The van der Waals surface area contributed by atoms with Crippen LogP contribution in [0, 0.1) is 6.92 Å². The van der Waals surface area contributed by atoms with Crippen molar-refractivity contribution in [3.63, 3.8) is 0 Å². The minimum absolute atomic E-state index is 0.171. The largest absolute Gasteiger partial charge is 0.586 e. The van der Waals surface area contributed by atoms with Crippen molar-refractivity contribution in [1.29, 1.82) is 0 Å². The molecule has 26 heavy (non-hydrogen) atoms. The number of fused-ring (bicyclic) bond motifs is 1. The third kappa shape index (κ3) is 3.55. The molecule has 2 heterocycles. The van der Waals surface area contributed by atoms with E-state index in [-0.39, 0.29) is 10.5 Å². The fraction of sp³-hybridized carbons (Fsp3) is 0.118. The molecule has 0 radical (unpaired) electrons. The van der Waals surface area contributed by atoms with E-state index in [4.69, 9.17) is 0 Å². The molecular formula is C17H16N4O3S2. The van der Waals surface area contributed by atoms with E-state index in [1.807, 2.05) is 6.92 Å². The molecule has 3 aromatic rings. The number of aromatic nitrogens is 3. The molecule has 0 bridgehead atoms. The minimum Gasteiger partial charge on any atom is -0.586 e. The summed E-state index contributed by atoms with van der Waals surface area (Å²) in [5.74, 6) is 0. The Morgan fingerprint density at radius 2 is 2.00 bits per heavy atom. The van der Waals surface area contributed by atoms with Crippen molar-refractivity contribution in [2.24, 2.45) is 4.40 Å². The number of hydrogen-bond acceptors (Lipinski definition) is 6. The first-order valence-electron chi connectivity index (χ1n) is 7.57. The second-order valence-corrected chi connectivity index (χ2v) is 8.84. The molecule has 2 aromatic heterocycles. The zero-order valence-corrected chi connectivity index (χ0v) is 15.8. The average Bonchev–Trinajstić information content (AvgIpc) is 3.03. The van der Waals surface area contributed by atoms with Gasteiger partial charge in [-0.25, -0.2) is 22.4 Å². The quantitative estimate of drug-likeness (QED) is 0.494. The molecule has 0 aliphatic carbocycles. The normalized spacial score (nSPS) is 13.3. The Hall–Kier alpha value is -2.49. The van der Waals surface area contributed by atoms with Crippen molar-refractivity contribution in [2.45, 2.75) is 18.7 Å². The van der Waals surface area contributed by atoms with E-state index >= 15 is 0 Å². The number of rotatable bonds is 5. The van der Waals surface area contributed by atoms with E-state index in [2.05, 4.69) is 20.9 Å². The molecule has 0 spiro atoms. The van der Waals surface area contributed by atoms with Crippen LogP contribution < -0.4 is 0 Å². The third-order valence-corrected chi connectivity index (χ3v) is 6.10. The molecule has 9 heteroatoms. The Bertz CT molecular complexity index is 1100. The molecule has 0 aliphatic heterocycles. The van der Waals surface area contributed by atoms with E-state index in [1.54, 1.807) is 37.3 Å². The molecule has 134 valence electrons. The standard InChI is InChI=1S/C17H16N4O3S2/c1-12(2)25(22)19-11-14-10-18-17-16(20-14)8-9-21(17)26(23,24)15-6-4-13(3)5-7-15/h4-11H,1H2,2-3H3/b19-11+/t25-/m0/s1. The Kier molecular flexibility index (Phi) is 4.94. The van der Waals surface area contributed by atoms with Gasteiger partial charge in [0.25, 0.3) is 10.0 Å². The van der Waals surface area contributed by atoms with Crippen LogP contribution in [0.15, 0.2) is 63.5 Å². The van der Waals surface area contributed by atoms with Crippen molar-refractivity contribution < 1.29 is 13.0 Å². The fourth-order valence-electron chi connectivity index (χ4n) is 2.17. The second kappa shape index (κ2) is 7.02. The van der Waals surface area contributed by atoms with Crippen molar-refractivity contribution in [3.05, 3.63) is 65.5 Å². The van der Waals surface area contributed by atoms with Gasteiger partial charge in [-0.3, -0.25) is 0 Å². The van der Waals surface area contributed by atoms with Crippen molar-refractivity contribution >= 4 is 38.8 Å². The number of aryl methyl sites for hydroxylation is 1. The second-order valence-electron chi connectivity index (χ2n) is 5.62. The van der Waals surface area contributed by atoms with Gasteiger partial charge in [0, 0.05) is 13.1 Å². The molecule has 0 saturated heterocycles. The van der Waals surface area contributed by atoms with Gasteiger partial charge in [-0.15, -0.1) is 0 Å². The average molecular weight is 388 g/mol. The van der Waals surface area contributed by atoms with Gasteiger partial charge in [-0.2, -0.15) is 0 Å². The number of hydrogen-bond donors (Lipinski definition) is 0. The molecule has 0 amide bonds. The molecule has 1 atom stereocenters. The van der Waals surface area contributed by atoms with E-state index in [0.29, 0.717) is 16.1 Å². The lowest BCUT2D eigenvalue weighted by Crippen LogP contribution is -2.12. The first kappa shape index (κ1) is 18.3. The van der Waals surface area contributed by atoms with Gasteiger partial charge in [0.2, 0.25) is 0 Å². The Morgan fingerprint density at radius 1 is 1.31 bits per heavy atom. The molecular weight excluding hydrogens is 372 g/mol. The summed E-state index contributed by atoms with van der Waals surface area (Å²) in [6.45, 7) is 7.06. The summed E-state index contributed by atoms with van der Waals surface area (Å²) >= 11 is -1.54. The number of nitrogens with zero attached hydrogens (tertiary/aromatic N) is 4. The highest BCUT2D eigenvalue weighted by molar-refractivity contribution is 7.94. The fourth-order valence-corrected chi connectivity index (χ4v) is 3.85. The zero-order valence-electron chi connectivity index (χ0n) is 14.2. The van der Waals surface area contributed by atoms with Gasteiger partial charge < -0.3 is 4.55 Å². The molecule has 0 unspecified atom stereocenters. The molecule has 0 fully saturated rings. The Labute approximate surface area is 154 Å². The number of benzene rings is 1. The maximum atomic E-state index is 12.8. The lowest BCUT2D eigenvalue weighted by molar-refractivity contribution is 0.588. The highest BCUT2D eigenvalue weighted by atomic mass is 32.2. The van der Waals surface area contributed by atoms with Crippen LogP contribution in [0.1, 0.15) is 18.2 Å². The van der Waals surface area contributed by atoms with Gasteiger partial charge in [-0.05, 0) is 31.7 Å². The highest BCUT2D eigenvalue weighted by Gasteiger charge is 2.20. The first-order valence-corrected chi connectivity index (χ1v) is 10.1. The monoisotopic (exact) mass is 388 g/mol. The Balaban J connectivity index is 1.99. The molecule has 0 N–H and O–H groups in total. The summed E-state index contributed by atoms with van der Waals surface area (Å²) in [6.07, 6.45) is 4.11. The summed E-state index contributed by atoms with van der Waals surface area (Å²) in [4.78, 5) is 9.06. The van der Waals surface area contributed by atoms with Crippen LogP contribution in [0.4, 0.5) is 0 Å². The Morgan fingerprint density at radius 3 is 2.65 bits per heavy atom.